The zero-order valence-corrected chi connectivity index (χ0v) is 15.3. The van der Waals surface area contributed by atoms with Crippen LogP contribution in [-0.4, -0.2) is 38.5 Å². The van der Waals surface area contributed by atoms with Gasteiger partial charge in [-0.25, -0.2) is 18.4 Å². The molecule has 0 aliphatic heterocycles. The number of imidazole rings is 1. The predicted octanol–water partition coefficient (Wildman–Crippen LogP) is 2.49. The van der Waals surface area contributed by atoms with E-state index in [1.807, 2.05) is 0 Å². The molecule has 140 valence electrons. The molecule has 0 aliphatic rings. The maximum absolute atomic E-state index is 13.5. The van der Waals surface area contributed by atoms with Gasteiger partial charge in [-0.15, -0.1) is 0 Å². The summed E-state index contributed by atoms with van der Waals surface area (Å²) in [6, 6.07) is 1.67. The Balaban J connectivity index is 2.46. The van der Waals surface area contributed by atoms with Crippen LogP contribution in [0.4, 0.5) is 13.2 Å². The molecule has 0 aromatic carbocycles. The van der Waals surface area contributed by atoms with Crippen LogP contribution in [0.2, 0.25) is 0 Å². The first kappa shape index (κ1) is 18.4. The largest absolute Gasteiger partial charge is 0.435 e. The summed E-state index contributed by atoms with van der Waals surface area (Å²) >= 11 is 0. The second kappa shape index (κ2) is 5.79. The van der Waals surface area contributed by atoms with Crippen LogP contribution in [0.5, 0.6) is 0 Å². The number of halogens is 3. The van der Waals surface area contributed by atoms with Gasteiger partial charge >= 0.3 is 6.18 Å². The van der Waals surface area contributed by atoms with Crippen LogP contribution >= 0.6 is 0 Å². The Morgan fingerprint density at radius 3 is 2.46 bits per heavy atom. The lowest BCUT2D eigenvalue weighted by Gasteiger charge is -2.09. The maximum atomic E-state index is 13.5. The molecule has 3 heterocycles. The minimum Gasteiger partial charge on any atom is -0.312 e. The van der Waals surface area contributed by atoms with Crippen LogP contribution in [0.3, 0.4) is 0 Å². The van der Waals surface area contributed by atoms with Crippen molar-refractivity contribution in [3.63, 3.8) is 0 Å². The first-order valence-corrected chi connectivity index (χ1v) is 9.29. The molecule has 0 spiro atoms. The van der Waals surface area contributed by atoms with Gasteiger partial charge in [0, 0.05) is 20.3 Å². The number of aromatic nitrogens is 5. The van der Waals surface area contributed by atoms with Gasteiger partial charge in [0.25, 0.3) is 0 Å². The van der Waals surface area contributed by atoms with E-state index in [1.165, 1.54) is 25.6 Å². The SMILES string of the molecule is CCS(=O)(=O)c1c(-c2nc3cc(C)cnc3n2C)c(C(F)(F)F)nn1C. The van der Waals surface area contributed by atoms with Crippen LogP contribution in [0.15, 0.2) is 17.3 Å². The Labute approximate surface area is 147 Å². The molecule has 3 aromatic rings. The van der Waals surface area contributed by atoms with Gasteiger partial charge in [0.2, 0.25) is 0 Å². The predicted molar refractivity (Wildman–Crippen MR) is 88.2 cm³/mol. The van der Waals surface area contributed by atoms with E-state index in [-0.39, 0.29) is 11.6 Å². The fourth-order valence-electron chi connectivity index (χ4n) is 2.80. The molecule has 0 saturated carbocycles. The Morgan fingerprint density at radius 2 is 1.88 bits per heavy atom. The Kier molecular flexibility index (Phi) is 4.09. The third-order valence-corrected chi connectivity index (χ3v) is 5.82. The monoisotopic (exact) mass is 387 g/mol. The zero-order chi connectivity index (χ0) is 19.4. The van der Waals surface area contributed by atoms with Crippen molar-refractivity contribution in [2.75, 3.05) is 5.75 Å². The van der Waals surface area contributed by atoms with E-state index >= 15 is 0 Å². The van der Waals surface area contributed by atoms with E-state index in [4.69, 9.17) is 0 Å². The molecule has 0 unspecified atom stereocenters. The molecule has 0 saturated heterocycles. The summed E-state index contributed by atoms with van der Waals surface area (Å²) in [5.74, 6) is -0.511. The number of hydrogen-bond donors (Lipinski definition) is 0. The molecule has 0 fully saturated rings. The van der Waals surface area contributed by atoms with Crippen LogP contribution in [0.1, 0.15) is 18.2 Å². The number of aryl methyl sites for hydroxylation is 3. The number of fused-ring (bicyclic) bond motifs is 1. The van der Waals surface area contributed by atoms with Gasteiger partial charge in [0.1, 0.15) is 11.3 Å². The second-order valence-corrected chi connectivity index (χ2v) is 8.10. The standard InChI is InChI=1S/C15H16F3N5O2S/c1-5-26(24,25)14-10(11(15(16,17)18)21-23(14)4)13-20-9-6-8(2)7-19-12(9)22(13)3/h6-7H,5H2,1-4H3. The van der Waals surface area contributed by atoms with E-state index in [1.54, 1.807) is 19.2 Å². The Morgan fingerprint density at radius 1 is 1.23 bits per heavy atom. The molecule has 0 radical (unpaired) electrons. The molecule has 0 N–H and O–H groups in total. The molecular weight excluding hydrogens is 371 g/mol. The number of sulfone groups is 1. The number of nitrogens with zero attached hydrogens (tertiary/aromatic N) is 5. The van der Waals surface area contributed by atoms with E-state index in [2.05, 4.69) is 15.1 Å². The molecule has 3 aromatic heterocycles. The normalized spacial score (nSPS) is 12.9. The first-order chi connectivity index (χ1) is 12.0. The lowest BCUT2D eigenvalue weighted by atomic mass is 10.2. The van der Waals surface area contributed by atoms with Gasteiger partial charge in [-0.3, -0.25) is 4.68 Å². The third kappa shape index (κ3) is 2.75. The van der Waals surface area contributed by atoms with Crippen molar-refractivity contribution in [1.29, 1.82) is 0 Å². The van der Waals surface area contributed by atoms with Crippen molar-refractivity contribution in [3.05, 3.63) is 23.5 Å². The van der Waals surface area contributed by atoms with Crippen molar-refractivity contribution >= 4 is 21.0 Å². The van der Waals surface area contributed by atoms with Crippen molar-refractivity contribution in [1.82, 2.24) is 24.3 Å². The van der Waals surface area contributed by atoms with Gasteiger partial charge in [-0.2, -0.15) is 18.3 Å². The van der Waals surface area contributed by atoms with Gasteiger partial charge in [0.15, 0.2) is 26.2 Å². The zero-order valence-electron chi connectivity index (χ0n) is 14.5. The topological polar surface area (TPSA) is 82.7 Å². The summed E-state index contributed by atoms with van der Waals surface area (Å²) in [5, 5.41) is 2.93. The van der Waals surface area contributed by atoms with Crippen LogP contribution < -0.4 is 0 Å². The molecule has 26 heavy (non-hydrogen) atoms. The van der Waals surface area contributed by atoms with Crippen LogP contribution in [-0.2, 0) is 30.1 Å². The fraction of sp³-hybridized carbons (Fsp3) is 0.400. The molecular formula is C15H16F3N5O2S. The van der Waals surface area contributed by atoms with Gasteiger partial charge in [0.05, 0.1) is 11.3 Å². The minimum atomic E-state index is -4.84. The third-order valence-electron chi connectivity index (χ3n) is 4.01. The average Bonchev–Trinajstić information content (AvgIpc) is 3.04. The minimum absolute atomic E-state index is 0.148. The second-order valence-electron chi connectivity index (χ2n) is 5.90. The Hall–Kier alpha value is -2.43. The van der Waals surface area contributed by atoms with Gasteiger partial charge in [-0.05, 0) is 18.6 Å². The maximum Gasteiger partial charge on any atom is 0.435 e. The fourth-order valence-corrected chi connectivity index (χ4v) is 4.02. The summed E-state index contributed by atoms with van der Waals surface area (Å²) in [6.07, 6.45) is -3.28. The smallest absolute Gasteiger partial charge is 0.312 e. The number of hydrogen-bond acceptors (Lipinski definition) is 5. The quantitative estimate of drug-likeness (QED) is 0.690. The van der Waals surface area contributed by atoms with E-state index < -0.39 is 32.3 Å². The van der Waals surface area contributed by atoms with E-state index in [0.29, 0.717) is 11.2 Å². The van der Waals surface area contributed by atoms with Crippen LogP contribution in [0.25, 0.3) is 22.6 Å². The van der Waals surface area contributed by atoms with Crippen molar-refractivity contribution < 1.29 is 21.6 Å². The summed E-state index contributed by atoms with van der Waals surface area (Å²) in [7, 11) is -1.32. The van der Waals surface area contributed by atoms with Gasteiger partial charge < -0.3 is 4.57 Å². The molecule has 0 amide bonds. The molecule has 3 rings (SSSR count). The number of alkyl halides is 3. The molecule has 11 heteroatoms. The van der Waals surface area contributed by atoms with E-state index in [9.17, 15) is 21.6 Å². The first-order valence-electron chi connectivity index (χ1n) is 7.63. The molecule has 0 aliphatic carbocycles. The highest BCUT2D eigenvalue weighted by molar-refractivity contribution is 7.91. The lowest BCUT2D eigenvalue weighted by molar-refractivity contribution is -0.141. The van der Waals surface area contributed by atoms with Crippen molar-refractivity contribution in [2.45, 2.75) is 25.0 Å². The average molecular weight is 387 g/mol. The molecule has 0 bridgehead atoms. The van der Waals surface area contributed by atoms with Gasteiger partial charge in [-0.1, -0.05) is 6.92 Å². The number of pyridine rings is 1. The van der Waals surface area contributed by atoms with Crippen molar-refractivity contribution in [3.8, 4) is 11.4 Å². The lowest BCUT2D eigenvalue weighted by Crippen LogP contribution is -2.12. The highest BCUT2D eigenvalue weighted by Crippen LogP contribution is 2.40. The molecule has 0 atom stereocenters. The van der Waals surface area contributed by atoms with Crippen molar-refractivity contribution in [2.24, 2.45) is 14.1 Å². The van der Waals surface area contributed by atoms with E-state index in [0.717, 1.165) is 10.2 Å². The summed E-state index contributed by atoms with van der Waals surface area (Å²) < 4.78 is 67.6. The molecule has 7 nitrogen and oxygen atoms in total. The summed E-state index contributed by atoms with van der Waals surface area (Å²) in [5.41, 5.74) is -0.338. The summed E-state index contributed by atoms with van der Waals surface area (Å²) in [6.45, 7) is 3.14. The summed E-state index contributed by atoms with van der Waals surface area (Å²) in [4.78, 5) is 8.40. The highest BCUT2D eigenvalue weighted by atomic mass is 32.2. The number of rotatable bonds is 3. The van der Waals surface area contributed by atoms with Crippen LogP contribution in [0, 0.1) is 6.92 Å². The highest BCUT2D eigenvalue weighted by Gasteiger charge is 2.43. The Bertz CT molecular complexity index is 1110.